The molecule has 0 atom stereocenters. The molecule has 0 radical (unpaired) electrons. The van der Waals surface area contributed by atoms with E-state index in [9.17, 15) is 5.48 Å². The summed E-state index contributed by atoms with van der Waals surface area (Å²) >= 11 is 0. The Morgan fingerprint density at radius 1 is 0.259 bits per heavy atom. The van der Waals surface area contributed by atoms with Crippen molar-refractivity contribution in [2.75, 3.05) is 9.80 Å². The van der Waals surface area contributed by atoms with Crippen LogP contribution in [0.4, 0.5) is 34.1 Å². The van der Waals surface area contributed by atoms with E-state index < -0.39 is 36.3 Å². The van der Waals surface area contributed by atoms with Crippen LogP contribution in [0.2, 0.25) is 0 Å². The van der Waals surface area contributed by atoms with Gasteiger partial charge in [0.25, 0.3) is 0 Å². The predicted octanol–water partition coefficient (Wildman–Crippen LogP) is 16.1. The van der Waals surface area contributed by atoms with Crippen molar-refractivity contribution < 1.29 is 13.7 Å². The zero-order valence-electron chi connectivity index (χ0n) is 40.9. The van der Waals surface area contributed by atoms with Crippen molar-refractivity contribution in [3.8, 4) is 11.1 Å². The quantitative estimate of drug-likeness (QED) is 0.150. The van der Waals surface area contributed by atoms with Gasteiger partial charge in [0, 0.05) is 34.1 Å². The fourth-order valence-electron chi connectivity index (χ4n) is 8.91. The van der Waals surface area contributed by atoms with Gasteiger partial charge in [0.05, 0.1) is 13.7 Å². The molecule has 0 aliphatic carbocycles. The molecule has 0 fully saturated rings. The summed E-state index contributed by atoms with van der Waals surface area (Å²) in [5.41, 5.74) is 3.70. The van der Waals surface area contributed by atoms with Gasteiger partial charge < -0.3 is 9.80 Å². The summed E-state index contributed by atoms with van der Waals surface area (Å²) in [5.74, 6) is 0. The van der Waals surface area contributed by atoms with E-state index in [-0.39, 0.29) is 35.5 Å². The zero-order chi connectivity index (χ0) is 46.9. The molecule has 0 spiro atoms. The first-order chi connectivity index (χ1) is 32.9. The molecule has 12 aromatic rings. The highest BCUT2D eigenvalue weighted by molar-refractivity contribution is 6.25. The van der Waals surface area contributed by atoms with Crippen molar-refractivity contribution >= 4 is 98.8 Å². The summed E-state index contributed by atoms with van der Waals surface area (Å²) < 4.78 is 88.5. The van der Waals surface area contributed by atoms with Gasteiger partial charge in [0.1, 0.15) is 0 Å². The molecule has 0 aromatic heterocycles. The molecule has 2 heteroatoms. The molecule has 0 N–H and O–H groups in total. The van der Waals surface area contributed by atoms with Crippen molar-refractivity contribution in [1.29, 1.82) is 0 Å². The second kappa shape index (κ2) is 12.9. The van der Waals surface area contributed by atoms with E-state index in [1.54, 1.807) is 9.80 Å². The molecule has 12 aromatic carbocycles. The number of rotatable bonds is 7. The third-order valence-corrected chi connectivity index (χ3v) is 11.4. The largest absolute Gasteiger partial charge is 0.310 e. The molecule has 0 heterocycles. The van der Waals surface area contributed by atoms with Crippen molar-refractivity contribution in [3.63, 3.8) is 0 Å². The van der Waals surface area contributed by atoms with E-state index in [4.69, 9.17) is 8.22 Å². The Kier molecular flexibility index (Phi) is 5.37. The molecule has 0 bridgehead atoms. The third-order valence-electron chi connectivity index (χ3n) is 11.4. The first kappa shape index (κ1) is 24.1. The minimum atomic E-state index is -0.488. The summed E-state index contributed by atoms with van der Waals surface area (Å²) in [6.07, 6.45) is 0. The van der Waals surface area contributed by atoms with Crippen LogP contribution in [0.1, 0.15) is 13.7 Å². The Hall–Kier alpha value is -7.68. The summed E-state index contributed by atoms with van der Waals surface area (Å²) in [6, 6.07) is 47.8. The van der Waals surface area contributed by atoms with Gasteiger partial charge >= 0.3 is 0 Å². The van der Waals surface area contributed by atoms with Gasteiger partial charge in [-0.05, 0) is 148 Å². The molecule has 58 heavy (non-hydrogen) atoms. The molecule has 0 unspecified atom stereocenters. The monoisotopic (exact) mass is 746 g/mol. The first-order valence-electron chi connectivity index (χ1n) is 24.2. The lowest BCUT2D eigenvalue weighted by atomic mass is 9.93. The van der Waals surface area contributed by atoms with Crippen molar-refractivity contribution in [2.45, 2.75) is 0 Å². The van der Waals surface area contributed by atoms with E-state index in [1.807, 2.05) is 84.9 Å². The maximum Gasteiger partial charge on any atom is 0.0645 e. The normalized spacial score (nSPS) is 14.2. The zero-order valence-corrected chi connectivity index (χ0v) is 30.9. The topological polar surface area (TPSA) is 6.48 Å². The average Bonchev–Trinajstić information content (AvgIpc) is 3.37. The summed E-state index contributed by atoms with van der Waals surface area (Å²) in [4.78, 5) is 3.45. The Morgan fingerprint density at radius 2 is 0.569 bits per heavy atom. The van der Waals surface area contributed by atoms with E-state index in [0.717, 1.165) is 75.8 Å². The molecule has 0 saturated carbocycles. The molecular weight excluding hydrogens is 701 g/mol. The summed E-state index contributed by atoms with van der Waals surface area (Å²) in [6.45, 7) is 0. The number of hydrogen-bond donors (Lipinski definition) is 0. The maximum absolute atomic E-state index is 9.19. The molecule has 0 aliphatic rings. The second-order valence-electron chi connectivity index (χ2n) is 14.7. The SMILES string of the molecule is [2H]c1c([2H])c([2H])c(N(c2cccc(-c3cccc(N(c4cc5ccc6cccc7ccc(c4)c5c67)c4c([2H])c([2H])c([2H])c([2H])c4[2H])c3)c2)c2cc3ccc4cccc5ccc(c2)c3c45)c([2H])c1[2H]. The van der Waals surface area contributed by atoms with Gasteiger partial charge in [0.2, 0.25) is 0 Å². The minimum absolute atomic E-state index is 0.00343. The fourth-order valence-corrected chi connectivity index (χ4v) is 8.91. The molecule has 12 rings (SSSR count). The Bertz CT molecular complexity index is 3630. The highest BCUT2D eigenvalue weighted by Gasteiger charge is 2.19. The maximum atomic E-state index is 9.19. The molecule has 2 nitrogen and oxygen atoms in total. The van der Waals surface area contributed by atoms with Crippen LogP contribution >= 0.6 is 0 Å². The molecule has 0 aliphatic heterocycles. The Morgan fingerprint density at radius 3 is 0.931 bits per heavy atom. The summed E-state index contributed by atoms with van der Waals surface area (Å²) in [5, 5.41) is 12.6. The van der Waals surface area contributed by atoms with Gasteiger partial charge in [-0.1, -0.05) is 145 Å². The van der Waals surface area contributed by atoms with Crippen LogP contribution in [0.25, 0.3) is 75.8 Å². The van der Waals surface area contributed by atoms with Crippen LogP contribution in [0.3, 0.4) is 0 Å². The second-order valence-corrected chi connectivity index (χ2v) is 14.7. The lowest BCUT2D eigenvalue weighted by Gasteiger charge is -2.28. The molecule has 0 amide bonds. The number of benzene rings is 12. The third kappa shape index (κ3) is 5.19. The standard InChI is InChI=1S/C56H36N2/c1-3-17-47(18-4-1)57(51-33-43-27-23-37-11-7-12-38-24-28-44(34-51)55(43)53(37)38)49-21-9-15-41(31-49)42-16-10-22-50(32-42)58(48-19-5-2-6-20-48)52-35-45-29-25-39-13-8-14-40-26-30-46(36-52)56(45)54(39)40/h1-36H/i1D,2D,3D,4D,5D,6D,17D,18D,19D,20D. The van der Waals surface area contributed by atoms with Crippen molar-refractivity contribution in [1.82, 2.24) is 0 Å². The lowest BCUT2D eigenvalue weighted by Crippen LogP contribution is -2.10. The van der Waals surface area contributed by atoms with E-state index in [2.05, 4.69) is 72.8 Å². The Balaban J connectivity index is 1.06. The van der Waals surface area contributed by atoms with Crippen LogP contribution < -0.4 is 9.80 Å². The smallest absolute Gasteiger partial charge is 0.0645 e. The fraction of sp³-hybridized carbons (Fsp3) is 0. The van der Waals surface area contributed by atoms with Gasteiger partial charge in [-0.3, -0.25) is 0 Å². The van der Waals surface area contributed by atoms with E-state index in [0.29, 0.717) is 22.7 Å². The first-order valence-corrected chi connectivity index (χ1v) is 19.2. The van der Waals surface area contributed by atoms with Gasteiger partial charge in [0.15, 0.2) is 0 Å². The summed E-state index contributed by atoms with van der Waals surface area (Å²) in [7, 11) is 0. The highest BCUT2D eigenvalue weighted by atomic mass is 15.1. The van der Waals surface area contributed by atoms with Gasteiger partial charge in [-0.15, -0.1) is 0 Å². The average molecular weight is 747 g/mol. The number of nitrogens with zero attached hydrogens (tertiary/aromatic N) is 2. The van der Waals surface area contributed by atoms with Crippen LogP contribution in [0.15, 0.2) is 218 Å². The molecule has 270 valence electrons. The number of hydrogen-bond acceptors (Lipinski definition) is 2. The predicted molar refractivity (Wildman–Crippen MR) is 249 cm³/mol. The lowest BCUT2D eigenvalue weighted by molar-refractivity contribution is 1.28. The van der Waals surface area contributed by atoms with Crippen LogP contribution in [0.5, 0.6) is 0 Å². The molecule has 0 saturated heterocycles. The van der Waals surface area contributed by atoms with Gasteiger partial charge in [-0.25, -0.2) is 0 Å². The number of anilines is 6. The van der Waals surface area contributed by atoms with E-state index >= 15 is 0 Å². The van der Waals surface area contributed by atoms with Crippen LogP contribution in [0, 0.1) is 0 Å². The van der Waals surface area contributed by atoms with Crippen molar-refractivity contribution in [3.05, 3.63) is 218 Å². The highest BCUT2D eigenvalue weighted by Crippen LogP contribution is 2.44. The minimum Gasteiger partial charge on any atom is -0.310 e. The Labute approximate surface area is 350 Å². The molecular formula is C56H36N2. The van der Waals surface area contributed by atoms with E-state index in [1.165, 1.54) is 0 Å². The van der Waals surface area contributed by atoms with Crippen molar-refractivity contribution in [2.24, 2.45) is 0 Å². The van der Waals surface area contributed by atoms with Gasteiger partial charge in [-0.2, -0.15) is 0 Å². The number of para-hydroxylation sites is 2. The van der Waals surface area contributed by atoms with Crippen LogP contribution in [-0.4, -0.2) is 0 Å². The van der Waals surface area contributed by atoms with Crippen LogP contribution in [-0.2, 0) is 0 Å².